The number of nitrogens with one attached hydrogen (secondary N) is 1. The third-order valence-corrected chi connectivity index (χ3v) is 3.00. The van der Waals surface area contributed by atoms with Crippen LogP contribution in [0.25, 0.3) is 0 Å². The molecule has 0 unspecified atom stereocenters. The van der Waals surface area contributed by atoms with Crippen molar-refractivity contribution >= 4 is 17.3 Å². The fourth-order valence-electron chi connectivity index (χ4n) is 1.90. The highest BCUT2D eigenvalue weighted by atomic mass is 16.5. The summed E-state index contributed by atoms with van der Waals surface area (Å²) in [5, 5.41) is 2.99. The van der Waals surface area contributed by atoms with E-state index in [4.69, 9.17) is 9.47 Å². The second kappa shape index (κ2) is 6.10. The molecule has 0 radical (unpaired) electrons. The van der Waals surface area contributed by atoms with Crippen LogP contribution in [0.1, 0.15) is 0 Å². The van der Waals surface area contributed by atoms with Gasteiger partial charge in [-0.2, -0.15) is 0 Å². The Morgan fingerprint density at radius 2 is 1.75 bits per heavy atom. The van der Waals surface area contributed by atoms with Gasteiger partial charge in [0.05, 0.1) is 14.2 Å². The summed E-state index contributed by atoms with van der Waals surface area (Å²) in [6, 6.07) is 7.72. The minimum atomic E-state index is 0.605. The van der Waals surface area contributed by atoms with Gasteiger partial charge >= 0.3 is 0 Å². The van der Waals surface area contributed by atoms with Crippen LogP contribution in [0.4, 0.5) is 17.3 Å². The van der Waals surface area contributed by atoms with Gasteiger partial charge in [-0.15, -0.1) is 0 Å². The van der Waals surface area contributed by atoms with Crippen LogP contribution < -0.4 is 19.7 Å². The van der Waals surface area contributed by atoms with E-state index in [1.165, 1.54) is 6.33 Å². The van der Waals surface area contributed by atoms with E-state index in [0.717, 1.165) is 11.4 Å². The van der Waals surface area contributed by atoms with E-state index in [9.17, 15) is 0 Å². The predicted octanol–water partition coefficient (Wildman–Crippen LogP) is 2.30. The number of hydrogen-bond acceptors (Lipinski definition) is 6. The lowest BCUT2D eigenvalue weighted by Crippen LogP contribution is -2.14. The Labute approximate surface area is 118 Å². The third kappa shape index (κ3) is 2.59. The molecule has 0 fully saturated rings. The highest BCUT2D eigenvalue weighted by Gasteiger charge is 2.16. The van der Waals surface area contributed by atoms with Gasteiger partial charge in [0.15, 0.2) is 11.6 Å². The highest BCUT2D eigenvalue weighted by Crippen LogP contribution is 2.34. The molecule has 1 aromatic carbocycles. The molecule has 0 aliphatic heterocycles. The maximum Gasteiger partial charge on any atom is 0.204 e. The van der Waals surface area contributed by atoms with E-state index in [-0.39, 0.29) is 0 Å². The van der Waals surface area contributed by atoms with Gasteiger partial charge in [0, 0.05) is 19.8 Å². The fraction of sp³-hybridized carbons (Fsp3) is 0.286. The van der Waals surface area contributed by atoms with E-state index in [2.05, 4.69) is 15.3 Å². The summed E-state index contributed by atoms with van der Waals surface area (Å²) >= 11 is 0. The number of benzene rings is 1. The van der Waals surface area contributed by atoms with Gasteiger partial charge in [0.1, 0.15) is 12.1 Å². The Morgan fingerprint density at radius 1 is 1.05 bits per heavy atom. The maximum atomic E-state index is 5.40. The second-order valence-corrected chi connectivity index (χ2v) is 4.09. The lowest BCUT2D eigenvalue weighted by molar-refractivity contribution is 0.413. The summed E-state index contributed by atoms with van der Waals surface area (Å²) in [6.07, 6.45) is 1.50. The van der Waals surface area contributed by atoms with Gasteiger partial charge in [0.2, 0.25) is 5.75 Å². The Morgan fingerprint density at radius 3 is 2.30 bits per heavy atom. The number of ether oxygens (including phenoxy) is 2. The molecule has 0 amide bonds. The van der Waals surface area contributed by atoms with Gasteiger partial charge in [-0.05, 0) is 24.3 Å². The fourth-order valence-corrected chi connectivity index (χ4v) is 1.90. The van der Waals surface area contributed by atoms with E-state index in [0.29, 0.717) is 17.4 Å². The van der Waals surface area contributed by atoms with Crippen molar-refractivity contribution in [2.45, 2.75) is 0 Å². The van der Waals surface area contributed by atoms with Crippen molar-refractivity contribution in [3.05, 3.63) is 30.6 Å². The van der Waals surface area contributed by atoms with Gasteiger partial charge < -0.3 is 19.7 Å². The molecule has 1 N–H and O–H groups in total. The average Bonchev–Trinajstić information content (AvgIpc) is 2.53. The second-order valence-electron chi connectivity index (χ2n) is 4.09. The first kappa shape index (κ1) is 13.9. The van der Waals surface area contributed by atoms with Crippen molar-refractivity contribution in [2.24, 2.45) is 0 Å². The highest BCUT2D eigenvalue weighted by molar-refractivity contribution is 5.71. The molecule has 0 spiro atoms. The van der Waals surface area contributed by atoms with Crippen LogP contribution >= 0.6 is 0 Å². The van der Waals surface area contributed by atoms with Crippen molar-refractivity contribution in [1.29, 1.82) is 0 Å². The lowest BCUT2D eigenvalue weighted by atomic mass is 10.2. The van der Waals surface area contributed by atoms with Crippen molar-refractivity contribution < 1.29 is 9.47 Å². The largest absolute Gasteiger partial charge is 0.497 e. The van der Waals surface area contributed by atoms with Crippen molar-refractivity contribution in [1.82, 2.24) is 9.97 Å². The first-order valence-corrected chi connectivity index (χ1v) is 6.15. The molecule has 2 aromatic rings. The Hall–Kier alpha value is -2.50. The summed E-state index contributed by atoms with van der Waals surface area (Å²) < 4.78 is 10.6. The monoisotopic (exact) mass is 274 g/mol. The van der Waals surface area contributed by atoms with Crippen molar-refractivity contribution in [3.8, 4) is 11.5 Å². The predicted molar refractivity (Wildman–Crippen MR) is 79.2 cm³/mol. The van der Waals surface area contributed by atoms with Gasteiger partial charge in [-0.1, -0.05) is 0 Å². The molecular weight excluding hydrogens is 256 g/mol. The molecule has 2 rings (SSSR count). The summed E-state index contributed by atoms with van der Waals surface area (Å²) in [5.41, 5.74) is 0.977. The smallest absolute Gasteiger partial charge is 0.204 e. The molecule has 0 saturated carbocycles. The first-order chi connectivity index (χ1) is 9.71. The summed E-state index contributed by atoms with van der Waals surface area (Å²) in [4.78, 5) is 10.4. The SMILES string of the molecule is CNc1ncnc(N(C)c2ccc(OC)cc2)c1OC. The van der Waals surface area contributed by atoms with E-state index >= 15 is 0 Å². The number of methoxy groups -OCH3 is 2. The standard InChI is InChI=1S/C14H18N4O2/c1-15-13-12(20-4)14(17-9-16-13)18(2)10-5-7-11(19-3)8-6-10/h5-9H,1-4H3,(H,15,16,17). The lowest BCUT2D eigenvalue weighted by Gasteiger charge is -2.21. The number of hydrogen-bond donors (Lipinski definition) is 1. The molecule has 0 bridgehead atoms. The summed E-state index contributed by atoms with van der Waals surface area (Å²) in [5.74, 6) is 2.76. The van der Waals surface area contributed by atoms with Crippen LogP contribution in [-0.2, 0) is 0 Å². The van der Waals surface area contributed by atoms with Crippen LogP contribution in [0, 0.1) is 0 Å². The van der Waals surface area contributed by atoms with Crippen LogP contribution in [0.5, 0.6) is 11.5 Å². The summed E-state index contributed by atoms with van der Waals surface area (Å²) in [7, 11) is 6.96. The zero-order chi connectivity index (χ0) is 14.5. The molecule has 6 nitrogen and oxygen atoms in total. The number of aromatic nitrogens is 2. The normalized spacial score (nSPS) is 10.0. The molecule has 106 valence electrons. The van der Waals surface area contributed by atoms with Crippen molar-refractivity contribution in [3.63, 3.8) is 0 Å². The third-order valence-electron chi connectivity index (χ3n) is 3.00. The average molecular weight is 274 g/mol. The zero-order valence-electron chi connectivity index (χ0n) is 12.0. The van der Waals surface area contributed by atoms with Gasteiger partial charge in [-0.3, -0.25) is 0 Å². The molecule has 6 heteroatoms. The number of rotatable bonds is 5. The van der Waals surface area contributed by atoms with Gasteiger partial charge in [-0.25, -0.2) is 9.97 Å². The van der Waals surface area contributed by atoms with Crippen LogP contribution in [0.3, 0.4) is 0 Å². The quantitative estimate of drug-likeness (QED) is 0.902. The van der Waals surface area contributed by atoms with E-state index in [1.54, 1.807) is 21.3 Å². The first-order valence-electron chi connectivity index (χ1n) is 6.15. The zero-order valence-corrected chi connectivity index (χ0v) is 12.0. The van der Waals surface area contributed by atoms with Crippen molar-refractivity contribution in [2.75, 3.05) is 38.5 Å². The molecule has 1 heterocycles. The molecular formula is C14H18N4O2. The molecule has 0 aliphatic rings. The van der Waals surface area contributed by atoms with Crippen LogP contribution in [0.15, 0.2) is 30.6 Å². The maximum absolute atomic E-state index is 5.40. The molecule has 0 atom stereocenters. The van der Waals surface area contributed by atoms with E-state index < -0.39 is 0 Å². The summed E-state index contributed by atoms with van der Waals surface area (Å²) in [6.45, 7) is 0. The Balaban J connectivity index is 2.39. The minimum Gasteiger partial charge on any atom is -0.497 e. The molecule has 0 saturated heterocycles. The van der Waals surface area contributed by atoms with Crippen LogP contribution in [-0.4, -0.2) is 38.3 Å². The Bertz CT molecular complexity index is 572. The Kier molecular flexibility index (Phi) is 4.24. The van der Waals surface area contributed by atoms with Crippen LogP contribution in [0.2, 0.25) is 0 Å². The molecule has 20 heavy (non-hydrogen) atoms. The topological polar surface area (TPSA) is 59.5 Å². The number of anilines is 3. The molecule has 0 aliphatic carbocycles. The van der Waals surface area contributed by atoms with E-state index in [1.807, 2.05) is 36.2 Å². The minimum absolute atomic E-state index is 0.605. The van der Waals surface area contributed by atoms with Gasteiger partial charge in [0.25, 0.3) is 0 Å². The number of nitrogens with zero attached hydrogens (tertiary/aromatic N) is 3. The molecule has 1 aromatic heterocycles.